The van der Waals surface area contributed by atoms with Crippen molar-refractivity contribution in [2.45, 2.75) is 131 Å². The SMILES string of the molecule is CCCCCCCCCCCCCCCCCCCCC(I)I. The average molecular weight is 548 g/mol. The van der Waals surface area contributed by atoms with Crippen LogP contribution in [0.5, 0.6) is 0 Å². The highest BCUT2D eigenvalue weighted by Crippen LogP contribution is 2.19. The summed E-state index contributed by atoms with van der Waals surface area (Å²) >= 11 is 5.07. The second-order valence-electron chi connectivity index (χ2n) is 7.19. The van der Waals surface area contributed by atoms with Crippen molar-refractivity contribution in [3.63, 3.8) is 0 Å². The number of alkyl halides is 2. The van der Waals surface area contributed by atoms with Gasteiger partial charge in [0.05, 0.1) is 1.93 Å². The molecule has 0 N–H and O–H groups in total. The van der Waals surface area contributed by atoms with Crippen molar-refractivity contribution in [2.24, 2.45) is 0 Å². The normalized spacial score (nSPS) is 11.5. The van der Waals surface area contributed by atoms with Crippen LogP contribution in [0.3, 0.4) is 0 Å². The number of rotatable bonds is 19. The molecular formula is C21H42I2. The fraction of sp³-hybridized carbons (Fsp3) is 1.00. The minimum atomic E-state index is 0.839. The van der Waals surface area contributed by atoms with Gasteiger partial charge in [-0.05, 0) is 6.42 Å². The van der Waals surface area contributed by atoms with Crippen LogP contribution in [-0.4, -0.2) is 1.93 Å². The molecule has 23 heavy (non-hydrogen) atoms. The first-order chi connectivity index (χ1) is 11.3. The summed E-state index contributed by atoms with van der Waals surface area (Å²) in [7, 11) is 0. The predicted octanol–water partition coefficient (Wildman–Crippen LogP) is 9.61. The zero-order chi connectivity index (χ0) is 17.0. The van der Waals surface area contributed by atoms with Gasteiger partial charge in [0.1, 0.15) is 0 Å². The van der Waals surface area contributed by atoms with Crippen LogP contribution >= 0.6 is 45.2 Å². The van der Waals surface area contributed by atoms with E-state index in [4.69, 9.17) is 0 Å². The Morgan fingerprint density at radius 3 is 0.957 bits per heavy atom. The van der Waals surface area contributed by atoms with Crippen LogP contribution in [0.1, 0.15) is 129 Å². The summed E-state index contributed by atoms with van der Waals surface area (Å²) in [5.74, 6) is 0. The predicted molar refractivity (Wildman–Crippen MR) is 125 cm³/mol. The molecule has 0 nitrogen and oxygen atoms in total. The molecule has 0 atom stereocenters. The third-order valence-electron chi connectivity index (χ3n) is 4.78. The van der Waals surface area contributed by atoms with E-state index in [-0.39, 0.29) is 0 Å². The summed E-state index contributed by atoms with van der Waals surface area (Å²) < 4.78 is 0.839. The summed E-state index contributed by atoms with van der Waals surface area (Å²) in [6.45, 7) is 2.30. The van der Waals surface area contributed by atoms with Crippen LogP contribution < -0.4 is 0 Å². The highest BCUT2D eigenvalue weighted by molar-refractivity contribution is 14.2. The molecule has 140 valence electrons. The molecule has 0 rings (SSSR count). The van der Waals surface area contributed by atoms with Gasteiger partial charge in [0.25, 0.3) is 0 Å². The van der Waals surface area contributed by atoms with E-state index in [0.29, 0.717) is 0 Å². The number of hydrogen-bond donors (Lipinski definition) is 0. The minimum Gasteiger partial charge on any atom is -0.0710 e. The molecule has 2 heteroatoms. The van der Waals surface area contributed by atoms with Gasteiger partial charge in [-0.3, -0.25) is 0 Å². The van der Waals surface area contributed by atoms with Gasteiger partial charge >= 0.3 is 0 Å². The summed E-state index contributed by atoms with van der Waals surface area (Å²) in [6, 6.07) is 0. The molecule has 0 bridgehead atoms. The lowest BCUT2D eigenvalue weighted by Crippen LogP contribution is -1.86. The highest BCUT2D eigenvalue weighted by Gasteiger charge is 1.97. The first kappa shape index (κ1) is 24.5. The second-order valence-corrected chi connectivity index (χ2v) is 12.6. The molecule has 0 aromatic heterocycles. The van der Waals surface area contributed by atoms with E-state index in [0.717, 1.165) is 1.93 Å². The van der Waals surface area contributed by atoms with Crippen molar-refractivity contribution in [3.8, 4) is 0 Å². The maximum absolute atomic E-state index is 2.53. The zero-order valence-electron chi connectivity index (χ0n) is 15.8. The van der Waals surface area contributed by atoms with E-state index in [9.17, 15) is 0 Å². The molecule has 0 radical (unpaired) electrons. The van der Waals surface area contributed by atoms with Crippen LogP contribution in [0.25, 0.3) is 0 Å². The molecule has 0 aliphatic carbocycles. The maximum Gasteiger partial charge on any atom is 0.0626 e. The molecule has 0 aromatic carbocycles. The molecule has 0 saturated carbocycles. The molecule has 0 unspecified atom stereocenters. The van der Waals surface area contributed by atoms with Crippen molar-refractivity contribution in [3.05, 3.63) is 0 Å². The lowest BCUT2D eigenvalue weighted by atomic mass is 10.0. The van der Waals surface area contributed by atoms with E-state index in [1.54, 1.807) is 0 Å². The molecule has 0 amide bonds. The van der Waals surface area contributed by atoms with Crippen LogP contribution in [0.15, 0.2) is 0 Å². The van der Waals surface area contributed by atoms with Gasteiger partial charge in [-0.15, -0.1) is 0 Å². The molecule has 0 fully saturated rings. The van der Waals surface area contributed by atoms with Crippen molar-refractivity contribution >= 4 is 45.2 Å². The van der Waals surface area contributed by atoms with Crippen molar-refractivity contribution < 1.29 is 0 Å². The Bertz CT molecular complexity index is 204. The largest absolute Gasteiger partial charge is 0.0710 e. The van der Waals surface area contributed by atoms with Crippen molar-refractivity contribution in [2.75, 3.05) is 0 Å². The third-order valence-corrected chi connectivity index (χ3v) is 6.02. The number of hydrogen-bond acceptors (Lipinski definition) is 0. The standard InChI is InChI=1S/C21H42I2/c1-2-3-4-5-6-7-8-9-10-11-12-13-14-15-16-17-18-19-20-21(22)23/h21H,2-20H2,1H3. The monoisotopic (exact) mass is 548 g/mol. The molecule has 0 spiro atoms. The fourth-order valence-corrected chi connectivity index (χ4v) is 4.08. The summed E-state index contributed by atoms with van der Waals surface area (Å²) in [4.78, 5) is 0. The van der Waals surface area contributed by atoms with Crippen molar-refractivity contribution in [1.29, 1.82) is 0 Å². The number of halogens is 2. The van der Waals surface area contributed by atoms with Crippen LogP contribution in [-0.2, 0) is 0 Å². The van der Waals surface area contributed by atoms with E-state index in [1.807, 2.05) is 0 Å². The highest BCUT2D eigenvalue weighted by atomic mass is 127. The van der Waals surface area contributed by atoms with Crippen LogP contribution in [0.2, 0.25) is 0 Å². The molecule has 0 heterocycles. The Morgan fingerprint density at radius 1 is 0.435 bits per heavy atom. The molecule has 0 aliphatic heterocycles. The Kier molecular flexibility index (Phi) is 22.9. The average Bonchev–Trinajstić information content (AvgIpc) is 2.53. The lowest BCUT2D eigenvalue weighted by Gasteiger charge is -2.04. The van der Waals surface area contributed by atoms with Gasteiger partial charge in [0, 0.05) is 0 Å². The van der Waals surface area contributed by atoms with Crippen LogP contribution in [0, 0.1) is 0 Å². The zero-order valence-corrected chi connectivity index (χ0v) is 20.1. The summed E-state index contributed by atoms with van der Waals surface area (Å²) in [5, 5.41) is 0. The number of unbranched alkanes of at least 4 members (excludes halogenated alkanes) is 17. The topological polar surface area (TPSA) is 0 Å². The molecule has 0 saturated heterocycles. The van der Waals surface area contributed by atoms with Gasteiger partial charge in [0.15, 0.2) is 0 Å². The maximum atomic E-state index is 2.53. The molecular weight excluding hydrogens is 506 g/mol. The summed E-state index contributed by atoms with van der Waals surface area (Å²) in [5.41, 5.74) is 0. The van der Waals surface area contributed by atoms with Gasteiger partial charge < -0.3 is 0 Å². The van der Waals surface area contributed by atoms with E-state index < -0.39 is 0 Å². The Balaban J connectivity index is 2.95. The quantitative estimate of drug-likeness (QED) is 0.0857. The van der Waals surface area contributed by atoms with Gasteiger partial charge in [-0.1, -0.05) is 168 Å². The molecule has 0 aromatic rings. The minimum absolute atomic E-state index is 0.839. The van der Waals surface area contributed by atoms with E-state index >= 15 is 0 Å². The van der Waals surface area contributed by atoms with Crippen LogP contribution in [0.4, 0.5) is 0 Å². The third kappa shape index (κ3) is 23.5. The molecule has 0 aliphatic rings. The van der Waals surface area contributed by atoms with Crippen molar-refractivity contribution in [1.82, 2.24) is 0 Å². The Hall–Kier alpha value is 1.46. The van der Waals surface area contributed by atoms with Gasteiger partial charge in [-0.25, -0.2) is 0 Å². The first-order valence-corrected chi connectivity index (χ1v) is 13.0. The van der Waals surface area contributed by atoms with E-state index in [2.05, 4.69) is 52.1 Å². The smallest absolute Gasteiger partial charge is 0.0626 e. The van der Waals surface area contributed by atoms with Gasteiger partial charge in [0.2, 0.25) is 0 Å². The first-order valence-electron chi connectivity index (χ1n) is 10.6. The van der Waals surface area contributed by atoms with E-state index in [1.165, 1.54) is 122 Å². The fourth-order valence-electron chi connectivity index (χ4n) is 3.20. The lowest BCUT2D eigenvalue weighted by molar-refractivity contribution is 0.524. The Morgan fingerprint density at radius 2 is 0.696 bits per heavy atom. The van der Waals surface area contributed by atoms with Gasteiger partial charge in [-0.2, -0.15) is 0 Å². The Labute approximate surface area is 175 Å². The second kappa shape index (κ2) is 21.5. The summed E-state index contributed by atoms with van der Waals surface area (Å²) in [6.07, 6.45) is 27.9.